The number of ether oxygens (including phenoxy) is 1. The molecule has 2 rings (SSSR count). The van der Waals surface area contributed by atoms with E-state index in [0.717, 1.165) is 16.2 Å². The van der Waals surface area contributed by atoms with Gasteiger partial charge in [-0.05, 0) is 24.7 Å². The van der Waals surface area contributed by atoms with Crippen LogP contribution in [0.15, 0.2) is 29.6 Å². The predicted octanol–water partition coefficient (Wildman–Crippen LogP) is 4.37. The largest absolute Gasteiger partial charge is 0.496 e. The minimum Gasteiger partial charge on any atom is -0.496 e. The number of methoxy groups -OCH3 is 1. The van der Waals surface area contributed by atoms with Crippen LogP contribution in [0.3, 0.4) is 0 Å². The van der Waals surface area contributed by atoms with Crippen molar-refractivity contribution in [2.24, 2.45) is 0 Å². The highest BCUT2D eigenvalue weighted by atomic mass is 35.5. The van der Waals surface area contributed by atoms with E-state index in [2.05, 4.69) is 5.32 Å². The van der Waals surface area contributed by atoms with Gasteiger partial charge in [0.25, 0.3) is 0 Å². The molecule has 2 aromatic rings. The fourth-order valence-electron chi connectivity index (χ4n) is 1.79. The first-order valence-corrected chi connectivity index (χ1v) is 7.04. The van der Waals surface area contributed by atoms with Crippen molar-refractivity contribution in [3.63, 3.8) is 0 Å². The first kappa shape index (κ1) is 13.7. The van der Waals surface area contributed by atoms with Gasteiger partial charge in [-0.3, -0.25) is 0 Å². The lowest BCUT2D eigenvalue weighted by atomic mass is 10.1. The molecule has 0 aliphatic carbocycles. The van der Waals surface area contributed by atoms with E-state index in [1.54, 1.807) is 24.5 Å². The molecule has 0 aliphatic rings. The average molecular weight is 302 g/mol. The van der Waals surface area contributed by atoms with Crippen molar-refractivity contribution in [2.75, 3.05) is 14.2 Å². The highest BCUT2D eigenvalue weighted by Gasteiger charge is 2.18. The van der Waals surface area contributed by atoms with E-state index in [4.69, 9.17) is 27.9 Å². The van der Waals surface area contributed by atoms with Gasteiger partial charge in [0.1, 0.15) is 5.75 Å². The fourth-order valence-corrected chi connectivity index (χ4v) is 3.19. The molecule has 2 nitrogen and oxygen atoms in total. The summed E-state index contributed by atoms with van der Waals surface area (Å²) in [4.78, 5) is 1.14. The quantitative estimate of drug-likeness (QED) is 0.905. The smallest absolute Gasteiger partial charge is 0.129 e. The first-order chi connectivity index (χ1) is 8.67. The maximum atomic E-state index is 6.26. The van der Waals surface area contributed by atoms with Gasteiger partial charge in [-0.15, -0.1) is 11.3 Å². The van der Waals surface area contributed by atoms with E-state index in [9.17, 15) is 0 Å². The van der Waals surface area contributed by atoms with Gasteiger partial charge < -0.3 is 10.1 Å². The Bertz CT molecular complexity index is 542. The lowest BCUT2D eigenvalue weighted by molar-refractivity contribution is 0.416. The Kier molecular flexibility index (Phi) is 4.51. The Labute approximate surface area is 120 Å². The first-order valence-electron chi connectivity index (χ1n) is 5.41. The molecular formula is C13H13Cl2NOS. The highest BCUT2D eigenvalue weighted by molar-refractivity contribution is 7.10. The molecule has 0 saturated carbocycles. The number of halogens is 2. The van der Waals surface area contributed by atoms with Crippen LogP contribution in [0, 0.1) is 0 Å². The molecule has 96 valence electrons. The summed E-state index contributed by atoms with van der Waals surface area (Å²) in [6.07, 6.45) is 0. The van der Waals surface area contributed by atoms with Gasteiger partial charge in [-0.1, -0.05) is 35.3 Å². The van der Waals surface area contributed by atoms with Crippen molar-refractivity contribution in [1.29, 1.82) is 0 Å². The Hall–Kier alpha value is -0.740. The molecule has 0 aliphatic heterocycles. The van der Waals surface area contributed by atoms with Gasteiger partial charge in [-0.2, -0.15) is 0 Å². The van der Waals surface area contributed by atoms with Crippen molar-refractivity contribution < 1.29 is 4.74 Å². The van der Waals surface area contributed by atoms with Crippen LogP contribution in [0.4, 0.5) is 0 Å². The lowest BCUT2D eigenvalue weighted by Crippen LogP contribution is -2.16. The second-order valence-electron chi connectivity index (χ2n) is 3.75. The van der Waals surface area contributed by atoms with Gasteiger partial charge in [0, 0.05) is 10.3 Å². The molecule has 0 amide bonds. The van der Waals surface area contributed by atoms with Crippen LogP contribution in [0.25, 0.3) is 0 Å². The highest BCUT2D eigenvalue weighted by Crippen LogP contribution is 2.36. The van der Waals surface area contributed by atoms with E-state index in [0.29, 0.717) is 10.0 Å². The molecule has 1 aromatic heterocycles. The molecule has 0 bridgehead atoms. The topological polar surface area (TPSA) is 21.3 Å². The van der Waals surface area contributed by atoms with Crippen LogP contribution in [0.1, 0.15) is 16.5 Å². The molecule has 1 atom stereocenters. The van der Waals surface area contributed by atoms with E-state index < -0.39 is 0 Å². The van der Waals surface area contributed by atoms with Crippen molar-refractivity contribution >= 4 is 34.5 Å². The molecule has 1 unspecified atom stereocenters. The molecule has 0 fully saturated rings. The normalized spacial score (nSPS) is 12.4. The zero-order valence-electron chi connectivity index (χ0n) is 10.0. The summed E-state index contributed by atoms with van der Waals surface area (Å²) in [5.41, 5.74) is 0.969. The van der Waals surface area contributed by atoms with E-state index in [1.165, 1.54) is 0 Å². The maximum Gasteiger partial charge on any atom is 0.129 e. The molecule has 1 aromatic carbocycles. The van der Waals surface area contributed by atoms with Crippen LogP contribution in [-0.4, -0.2) is 14.2 Å². The van der Waals surface area contributed by atoms with Crippen molar-refractivity contribution in [1.82, 2.24) is 5.32 Å². The number of hydrogen-bond donors (Lipinski definition) is 1. The van der Waals surface area contributed by atoms with Gasteiger partial charge in [0.15, 0.2) is 0 Å². The predicted molar refractivity (Wildman–Crippen MR) is 78.2 cm³/mol. The Morgan fingerprint density at radius 3 is 2.72 bits per heavy atom. The molecule has 18 heavy (non-hydrogen) atoms. The second-order valence-corrected chi connectivity index (χ2v) is 5.48. The molecular weight excluding hydrogens is 289 g/mol. The third kappa shape index (κ3) is 2.64. The number of thiophene rings is 1. The maximum absolute atomic E-state index is 6.26. The molecule has 5 heteroatoms. The van der Waals surface area contributed by atoms with E-state index >= 15 is 0 Å². The summed E-state index contributed by atoms with van der Waals surface area (Å²) in [5.74, 6) is 0.855. The van der Waals surface area contributed by atoms with E-state index in [-0.39, 0.29) is 6.04 Å². The second kappa shape index (κ2) is 5.93. The zero-order valence-corrected chi connectivity index (χ0v) is 12.4. The average Bonchev–Trinajstić information content (AvgIpc) is 2.84. The number of hydrogen-bond acceptors (Lipinski definition) is 3. The minimum absolute atomic E-state index is 0.0186. The van der Waals surface area contributed by atoms with Crippen molar-refractivity contribution in [3.05, 3.63) is 50.1 Å². The Morgan fingerprint density at radius 2 is 2.11 bits per heavy atom. The molecule has 0 saturated heterocycles. The van der Waals surface area contributed by atoms with Gasteiger partial charge >= 0.3 is 0 Å². The molecule has 1 heterocycles. The zero-order chi connectivity index (χ0) is 13.1. The summed E-state index contributed by atoms with van der Waals surface area (Å²) in [6, 6.07) is 7.68. The fraction of sp³-hybridized carbons (Fsp3) is 0.231. The molecule has 1 N–H and O–H groups in total. The summed E-state index contributed by atoms with van der Waals surface area (Å²) in [7, 11) is 3.56. The van der Waals surface area contributed by atoms with E-state index in [1.807, 2.05) is 30.6 Å². The van der Waals surface area contributed by atoms with Crippen LogP contribution in [0.5, 0.6) is 5.75 Å². The van der Waals surface area contributed by atoms with Crippen molar-refractivity contribution in [2.45, 2.75) is 6.04 Å². The molecule has 0 radical (unpaired) electrons. The van der Waals surface area contributed by atoms with Crippen LogP contribution < -0.4 is 10.1 Å². The van der Waals surface area contributed by atoms with Crippen molar-refractivity contribution in [3.8, 4) is 5.75 Å². The Balaban J connectivity index is 2.41. The van der Waals surface area contributed by atoms with Crippen LogP contribution in [0.2, 0.25) is 10.0 Å². The van der Waals surface area contributed by atoms with Crippen LogP contribution >= 0.6 is 34.5 Å². The minimum atomic E-state index is 0.0186. The summed E-state index contributed by atoms with van der Waals surface area (Å²) < 4.78 is 5.20. The molecule has 0 spiro atoms. The number of rotatable bonds is 4. The summed E-state index contributed by atoms with van der Waals surface area (Å²) >= 11 is 13.9. The SMILES string of the molecule is CNC(c1cc(OC)cs1)c1cccc(Cl)c1Cl. The monoisotopic (exact) mass is 301 g/mol. The summed E-state index contributed by atoms with van der Waals surface area (Å²) in [6.45, 7) is 0. The van der Waals surface area contributed by atoms with Gasteiger partial charge in [-0.25, -0.2) is 0 Å². The van der Waals surface area contributed by atoms with Crippen LogP contribution in [-0.2, 0) is 0 Å². The standard InChI is InChI=1S/C13H13Cl2NOS/c1-16-13(11-6-8(17-2)7-18-11)9-4-3-5-10(14)12(9)15/h3-7,13,16H,1-2H3. The summed E-state index contributed by atoms with van der Waals surface area (Å²) in [5, 5.41) is 6.38. The Morgan fingerprint density at radius 1 is 1.33 bits per heavy atom. The number of benzene rings is 1. The number of nitrogens with one attached hydrogen (secondary N) is 1. The van der Waals surface area contributed by atoms with Gasteiger partial charge in [0.2, 0.25) is 0 Å². The third-order valence-corrected chi connectivity index (χ3v) is 4.51. The van der Waals surface area contributed by atoms with Gasteiger partial charge in [0.05, 0.1) is 23.2 Å². The lowest BCUT2D eigenvalue weighted by Gasteiger charge is -2.17. The third-order valence-electron chi connectivity index (χ3n) is 2.70.